The normalized spacial score (nSPS) is 22.9. The fourth-order valence-corrected chi connectivity index (χ4v) is 5.47. The maximum absolute atomic E-state index is 12.3. The quantitative estimate of drug-likeness (QED) is 0.570. The van der Waals surface area contributed by atoms with Gasteiger partial charge < -0.3 is 19.2 Å². The average Bonchev–Trinajstić information content (AvgIpc) is 3.45. The van der Waals surface area contributed by atoms with Crippen LogP contribution < -0.4 is 5.32 Å². The summed E-state index contributed by atoms with van der Waals surface area (Å²) in [6.07, 6.45) is 10.2. The van der Waals surface area contributed by atoms with Gasteiger partial charge >= 0.3 is 0 Å². The molecule has 1 amide bonds. The van der Waals surface area contributed by atoms with Gasteiger partial charge in [0, 0.05) is 23.1 Å². The van der Waals surface area contributed by atoms with Crippen molar-refractivity contribution in [1.82, 2.24) is 15.4 Å². The lowest BCUT2D eigenvalue weighted by Crippen LogP contribution is -2.38. The van der Waals surface area contributed by atoms with Gasteiger partial charge in [0.1, 0.15) is 5.58 Å². The van der Waals surface area contributed by atoms with E-state index in [1.165, 1.54) is 62.7 Å². The molecule has 6 nitrogen and oxygen atoms in total. The van der Waals surface area contributed by atoms with Crippen LogP contribution in [0.3, 0.4) is 0 Å². The van der Waals surface area contributed by atoms with Crippen molar-refractivity contribution in [1.29, 1.82) is 0 Å². The molecule has 3 aromatic rings. The third-order valence-electron chi connectivity index (χ3n) is 7.43. The van der Waals surface area contributed by atoms with Crippen LogP contribution in [0.4, 0.5) is 0 Å². The molecule has 2 aliphatic rings. The first-order valence-corrected chi connectivity index (χ1v) is 12.1. The highest BCUT2D eigenvalue weighted by molar-refractivity contribution is 5.91. The summed E-state index contributed by atoms with van der Waals surface area (Å²) in [6, 6.07) is 10.3. The second-order valence-electron chi connectivity index (χ2n) is 9.62. The second kappa shape index (κ2) is 9.49. The van der Waals surface area contributed by atoms with Gasteiger partial charge in [-0.25, -0.2) is 0 Å². The van der Waals surface area contributed by atoms with E-state index >= 15 is 0 Å². The Hall–Kier alpha value is -2.60. The molecule has 1 saturated heterocycles. The number of hydrogen-bond donors (Lipinski definition) is 1. The molecular weight excluding hydrogens is 402 g/mol. The number of furan rings is 1. The molecule has 0 radical (unpaired) electrons. The van der Waals surface area contributed by atoms with Crippen LogP contribution in [0.15, 0.2) is 45.5 Å². The molecule has 170 valence electrons. The van der Waals surface area contributed by atoms with Crippen molar-refractivity contribution in [2.75, 3.05) is 19.6 Å². The van der Waals surface area contributed by atoms with Crippen molar-refractivity contribution >= 4 is 16.9 Å². The number of amides is 1. The number of aromatic nitrogens is 1. The predicted octanol–water partition coefficient (Wildman–Crippen LogP) is 5.29. The molecule has 1 N–H and O–H groups in total. The van der Waals surface area contributed by atoms with E-state index in [1.54, 1.807) is 6.07 Å². The van der Waals surface area contributed by atoms with E-state index < -0.39 is 0 Å². The average molecular weight is 436 g/mol. The van der Waals surface area contributed by atoms with Crippen molar-refractivity contribution in [2.45, 2.75) is 63.8 Å². The highest BCUT2D eigenvalue weighted by atomic mass is 16.5. The Morgan fingerprint density at radius 1 is 1.12 bits per heavy atom. The van der Waals surface area contributed by atoms with Gasteiger partial charge in [0.25, 0.3) is 5.91 Å². The van der Waals surface area contributed by atoms with Gasteiger partial charge in [-0.05, 0) is 89.4 Å². The fraction of sp³-hybridized carbons (Fsp3) is 0.538. The summed E-state index contributed by atoms with van der Waals surface area (Å²) >= 11 is 0. The van der Waals surface area contributed by atoms with Crippen molar-refractivity contribution in [3.63, 3.8) is 0 Å². The topological polar surface area (TPSA) is 71.5 Å². The minimum absolute atomic E-state index is 0.137. The number of piperidine rings is 1. The first-order chi connectivity index (χ1) is 15.7. The summed E-state index contributed by atoms with van der Waals surface area (Å²) in [5.74, 6) is 1.56. The molecule has 2 fully saturated rings. The second-order valence-corrected chi connectivity index (χ2v) is 9.62. The number of likely N-dealkylation sites (tertiary alicyclic amines) is 1. The maximum Gasteiger partial charge on any atom is 0.290 e. The summed E-state index contributed by atoms with van der Waals surface area (Å²) in [5, 5.41) is 8.20. The predicted molar refractivity (Wildman–Crippen MR) is 124 cm³/mol. The smallest absolute Gasteiger partial charge is 0.290 e. The lowest BCUT2D eigenvalue weighted by molar-refractivity contribution is 0.0882. The van der Waals surface area contributed by atoms with Gasteiger partial charge in [0.2, 0.25) is 5.76 Å². The number of aryl methyl sites for hydroxylation is 1. The van der Waals surface area contributed by atoms with E-state index in [0.717, 1.165) is 30.0 Å². The summed E-state index contributed by atoms with van der Waals surface area (Å²) in [5.41, 5.74) is 3.13. The molecule has 1 aliphatic carbocycles. The number of carbonyl (C=O) groups is 1. The maximum atomic E-state index is 12.3. The number of nitrogens with one attached hydrogen (secondary N) is 1. The molecule has 0 unspecified atom stereocenters. The SMILES string of the molecule is Cc1cc(C(=O)N[C@H]2CC[C@H](CCN3CCC(c4coc5ccccc45)CC3)CC2)on1. The Kier molecular flexibility index (Phi) is 6.30. The van der Waals surface area contributed by atoms with Crippen LogP contribution in [0.1, 0.15) is 72.7 Å². The van der Waals surface area contributed by atoms with E-state index in [9.17, 15) is 4.79 Å². The third-order valence-corrected chi connectivity index (χ3v) is 7.43. The number of rotatable bonds is 6. The van der Waals surface area contributed by atoms with E-state index in [2.05, 4.69) is 33.6 Å². The fourth-order valence-electron chi connectivity index (χ4n) is 5.47. The molecule has 6 heteroatoms. The van der Waals surface area contributed by atoms with Crippen molar-refractivity contribution < 1.29 is 13.7 Å². The van der Waals surface area contributed by atoms with E-state index in [0.29, 0.717) is 11.7 Å². The zero-order chi connectivity index (χ0) is 21.9. The Labute approximate surface area is 189 Å². The van der Waals surface area contributed by atoms with Crippen LogP contribution in [0, 0.1) is 12.8 Å². The Bertz CT molecular complexity index is 1040. The van der Waals surface area contributed by atoms with Gasteiger partial charge in [-0.3, -0.25) is 4.79 Å². The molecule has 0 atom stereocenters. The van der Waals surface area contributed by atoms with E-state index in [1.807, 2.05) is 19.3 Å². The summed E-state index contributed by atoms with van der Waals surface area (Å²) in [7, 11) is 0. The van der Waals surface area contributed by atoms with Crippen LogP contribution in [0.25, 0.3) is 11.0 Å². The highest BCUT2D eigenvalue weighted by Crippen LogP contribution is 2.35. The summed E-state index contributed by atoms with van der Waals surface area (Å²) in [6.45, 7) is 5.36. The van der Waals surface area contributed by atoms with Crippen molar-refractivity contribution in [2.24, 2.45) is 5.92 Å². The molecule has 2 aromatic heterocycles. The molecular formula is C26H33N3O3. The number of fused-ring (bicyclic) bond motifs is 1. The highest BCUT2D eigenvalue weighted by Gasteiger charge is 2.26. The molecule has 0 bridgehead atoms. The Morgan fingerprint density at radius 3 is 2.66 bits per heavy atom. The monoisotopic (exact) mass is 435 g/mol. The number of nitrogens with zero attached hydrogens (tertiary/aromatic N) is 2. The Balaban J connectivity index is 1.03. The summed E-state index contributed by atoms with van der Waals surface area (Å²) in [4.78, 5) is 14.9. The van der Waals surface area contributed by atoms with Crippen molar-refractivity contribution in [3.8, 4) is 0 Å². The first-order valence-electron chi connectivity index (χ1n) is 12.1. The van der Waals surface area contributed by atoms with Crippen molar-refractivity contribution in [3.05, 3.63) is 53.6 Å². The van der Waals surface area contributed by atoms with E-state index in [4.69, 9.17) is 8.94 Å². The number of benzene rings is 1. The number of para-hydroxylation sites is 1. The lowest BCUT2D eigenvalue weighted by atomic mass is 9.83. The molecule has 3 heterocycles. The van der Waals surface area contributed by atoms with Gasteiger partial charge in [-0.15, -0.1) is 0 Å². The zero-order valence-corrected chi connectivity index (χ0v) is 18.9. The van der Waals surface area contributed by atoms with Crippen LogP contribution in [-0.4, -0.2) is 41.6 Å². The van der Waals surface area contributed by atoms with Crippen LogP contribution in [-0.2, 0) is 0 Å². The number of carbonyl (C=O) groups excluding carboxylic acids is 1. The standard InChI is InChI=1S/C26H33N3O3/c1-18-16-25(32-28-18)26(30)27-21-8-6-19(7-9-21)10-13-29-14-11-20(12-15-29)23-17-31-24-5-3-2-4-22(23)24/h2-5,16-17,19-21H,6-15H2,1H3,(H,27,30)/t19-,21-. The Morgan fingerprint density at radius 2 is 1.91 bits per heavy atom. The van der Waals surface area contributed by atoms with Crippen LogP contribution in [0.5, 0.6) is 0 Å². The minimum Gasteiger partial charge on any atom is -0.464 e. The van der Waals surface area contributed by atoms with Gasteiger partial charge in [-0.1, -0.05) is 23.4 Å². The molecule has 1 saturated carbocycles. The number of hydrogen-bond acceptors (Lipinski definition) is 5. The zero-order valence-electron chi connectivity index (χ0n) is 18.9. The summed E-state index contributed by atoms with van der Waals surface area (Å²) < 4.78 is 10.8. The van der Waals surface area contributed by atoms with Crippen LogP contribution >= 0.6 is 0 Å². The minimum atomic E-state index is -0.137. The van der Waals surface area contributed by atoms with E-state index in [-0.39, 0.29) is 11.9 Å². The molecule has 1 aliphatic heterocycles. The molecule has 32 heavy (non-hydrogen) atoms. The van der Waals surface area contributed by atoms with Gasteiger partial charge in [-0.2, -0.15) is 0 Å². The first kappa shape index (κ1) is 21.3. The molecule has 5 rings (SSSR count). The van der Waals surface area contributed by atoms with Crippen LogP contribution in [0.2, 0.25) is 0 Å². The van der Waals surface area contributed by atoms with Gasteiger partial charge in [0.15, 0.2) is 0 Å². The largest absolute Gasteiger partial charge is 0.464 e. The molecule has 0 spiro atoms. The third kappa shape index (κ3) is 4.75. The lowest BCUT2D eigenvalue weighted by Gasteiger charge is -2.34. The van der Waals surface area contributed by atoms with Gasteiger partial charge in [0.05, 0.1) is 12.0 Å². The molecule has 1 aromatic carbocycles.